The molecule has 0 aromatic heterocycles. The summed E-state index contributed by atoms with van der Waals surface area (Å²) in [6.07, 6.45) is 3.42. The van der Waals surface area contributed by atoms with E-state index < -0.39 is 29.1 Å². The maximum Gasteiger partial charge on any atom is 0.159 e. The third-order valence-corrected chi connectivity index (χ3v) is 5.65. The molecule has 0 radical (unpaired) electrons. The monoisotopic (exact) mass is 464 g/mol. The second-order valence-corrected chi connectivity index (χ2v) is 8.16. The summed E-state index contributed by atoms with van der Waals surface area (Å²) in [4.78, 5) is 0. The van der Waals surface area contributed by atoms with E-state index in [1.54, 1.807) is 18.2 Å². The zero-order valence-electron chi connectivity index (χ0n) is 18.5. The average Bonchev–Trinajstić information content (AvgIpc) is 2.79. The minimum atomic E-state index is -0.965. The van der Waals surface area contributed by atoms with E-state index in [1.165, 1.54) is 24.3 Å². The van der Waals surface area contributed by atoms with Crippen molar-refractivity contribution in [3.8, 4) is 23.0 Å². The lowest BCUT2D eigenvalue weighted by Crippen LogP contribution is -1.96. The first kappa shape index (κ1) is 23.5. The second-order valence-electron chi connectivity index (χ2n) is 8.16. The van der Waals surface area contributed by atoms with E-state index in [1.807, 2.05) is 0 Å². The molecule has 4 aromatic rings. The van der Waals surface area contributed by atoms with Crippen LogP contribution in [0.25, 0.3) is 21.9 Å². The number of halogens is 5. The summed E-state index contributed by atoms with van der Waals surface area (Å²) in [5.41, 5.74) is 0.917. The van der Waals surface area contributed by atoms with E-state index >= 15 is 0 Å². The quantitative estimate of drug-likeness (QED) is 0.158. The molecule has 0 unspecified atom stereocenters. The Morgan fingerprint density at radius 1 is 0.618 bits per heavy atom. The van der Waals surface area contributed by atoms with Crippen molar-refractivity contribution in [2.24, 2.45) is 0 Å². The van der Waals surface area contributed by atoms with Gasteiger partial charge in [-0.15, -0.1) is 0 Å². The largest absolute Gasteiger partial charge is 0.206 e. The lowest BCUT2D eigenvalue weighted by Gasteiger charge is -2.09. The van der Waals surface area contributed by atoms with Crippen LogP contribution in [0.3, 0.4) is 0 Å². The van der Waals surface area contributed by atoms with Gasteiger partial charge in [-0.05, 0) is 83.3 Å². The van der Waals surface area contributed by atoms with E-state index in [9.17, 15) is 22.0 Å². The molecule has 0 aliphatic rings. The van der Waals surface area contributed by atoms with Gasteiger partial charge in [0, 0.05) is 5.56 Å². The first-order chi connectivity index (χ1) is 16.4. The van der Waals surface area contributed by atoms with Crippen LogP contribution in [-0.2, 0) is 6.42 Å². The summed E-state index contributed by atoms with van der Waals surface area (Å²) in [5.74, 6) is 1.39. The molecule has 0 amide bonds. The highest BCUT2D eigenvalue weighted by molar-refractivity contribution is 5.84. The van der Waals surface area contributed by atoms with Gasteiger partial charge in [0.25, 0.3) is 0 Å². The van der Waals surface area contributed by atoms with Gasteiger partial charge in [0.1, 0.15) is 17.5 Å². The van der Waals surface area contributed by atoms with Gasteiger partial charge in [-0.25, -0.2) is 22.0 Å². The van der Waals surface area contributed by atoms with E-state index in [0.717, 1.165) is 37.5 Å². The summed E-state index contributed by atoms with van der Waals surface area (Å²) >= 11 is 0. The van der Waals surface area contributed by atoms with Gasteiger partial charge in [-0.3, -0.25) is 0 Å². The number of aryl methyl sites for hydroxylation is 1. The third-order valence-electron chi connectivity index (χ3n) is 5.65. The summed E-state index contributed by atoms with van der Waals surface area (Å²) in [5, 5.41) is 0.978. The number of fused-ring (bicyclic) bond motifs is 1. The van der Waals surface area contributed by atoms with E-state index in [-0.39, 0.29) is 16.7 Å². The van der Waals surface area contributed by atoms with Crippen LogP contribution in [-0.4, -0.2) is 0 Å². The maximum atomic E-state index is 14.7. The van der Waals surface area contributed by atoms with Crippen LogP contribution in [0.5, 0.6) is 0 Å². The summed E-state index contributed by atoms with van der Waals surface area (Å²) in [6.45, 7) is 2.05. The van der Waals surface area contributed by atoms with Crippen LogP contribution < -0.4 is 0 Å². The van der Waals surface area contributed by atoms with Crippen molar-refractivity contribution < 1.29 is 22.0 Å². The van der Waals surface area contributed by atoms with Gasteiger partial charge >= 0.3 is 0 Å². The molecule has 0 heterocycles. The van der Waals surface area contributed by atoms with Gasteiger partial charge in [0.05, 0.1) is 11.1 Å². The summed E-state index contributed by atoms with van der Waals surface area (Å²) < 4.78 is 70.8. The highest BCUT2D eigenvalue weighted by atomic mass is 19.2. The van der Waals surface area contributed by atoms with Gasteiger partial charge in [-0.2, -0.15) is 0 Å². The lowest BCUT2D eigenvalue weighted by atomic mass is 9.98. The fourth-order valence-corrected chi connectivity index (χ4v) is 3.86. The van der Waals surface area contributed by atoms with Crippen LogP contribution in [0, 0.1) is 40.9 Å². The van der Waals surface area contributed by atoms with Crippen molar-refractivity contribution in [1.29, 1.82) is 0 Å². The Balaban J connectivity index is 1.60. The molecule has 0 bridgehead atoms. The molecular weight excluding hydrogens is 443 g/mol. The summed E-state index contributed by atoms with van der Waals surface area (Å²) in [6, 6.07) is 13.4. The SMILES string of the molecule is CCCCCc1cc(F)c(-c2ccc(C#Cc3ccc4cc(F)c(F)cc4c3)c(F)c2)c(F)c1. The van der Waals surface area contributed by atoms with Crippen molar-refractivity contribution in [3.63, 3.8) is 0 Å². The highest BCUT2D eigenvalue weighted by Crippen LogP contribution is 2.29. The maximum absolute atomic E-state index is 14.7. The Hall–Kier alpha value is -3.65. The molecule has 4 rings (SSSR count). The Kier molecular flexibility index (Phi) is 6.98. The van der Waals surface area contributed by atoms with Crippen molar-refractivity contribution >= 4 is 10.8 Å². The van der Waals surface area contributed by atoms with Crippen LogP contribution in [0.1, 0.15) is 42.9 Å². The van der Waals surface area contributed by atoms with Gasteiger partial charge < -0.3 is 0 Å². The standard InChI is InChI=1S/C29H21F5/c1-2-3-4-5-19-13-27(33)29(28(34)14-19)22-11-10-20(24(30)16-22)8-6-18-7-9-21-15-25(31)26(32)17-23(21)12-18/h7,9-17H,2-5H2,1H3. The first-order valence-electron chi connectivity index (χ1n) is 11.0. The van der Waals surface area contributed by atoms with Crippen molar-refractivity contribution in [2.45, 2.75) is 32.6 Å². The minimum Gasteiger partial charge on any atom is -0.206 e. The Morgan fingerprint density at radius 2 is 1.32 bits per heavy atom. The number of hydrogen-bond acceptors (Lipinski definition) is 0. The fraction of sp³-hybridized carbons (Fsp3) is 0.172. The molecule has 34 heavy (non-hydrogen) atoms. The number of rotatable bonds is 5. The molecule has 0 aliphatic heterocycles. The third kappa shape index (κ3) is 5.12. The van der Waals surface area contributed by atoms with Crippen LogP contribution in [0.15, 0.2) is 60.7 Å². The number of unbranched alkanes of at least 4 members (excludes halogenated alkanes) is 2. The smallest absolute Gasteiger partial charge is 0.159 e. The Bertz CT molecular complexity index is 1400. The molecule has 172 valence electrons. The predicted octanol–water partition coefficient (Wildman–Crippen LogP) is 8.33. The van der Waals surface area contributed by atoms with Gasteiger partial charge in [0.15, 0.2) is 11.6 Å². The molecule has 0 N–H and O–H groups in total. The second kappa shape index (κ2) is 10.1. The van der Waals surface area contributed by atoms with Gasteiger partial charge in [-0.1, -0.05) is 43.7 Å². The number of benzene rings is 4. The number of hydrogen-bond donors (Lipinski definition) is 0. The average molecular weight is 464 g/mol. The normalized spacial score (nSPS) is 10.9. The van der Waals surface area contributed by atoms with Crippen molar-refractivity contribution in [3.05, 3.63) is 106 Å². The van der Waals surface area contributed by atoms with Crippen LogP contribution >= 0.6 is 0 Å². The Labute approximate surface area is 195 Å². The topological polar surface area (TPSA) is 0 Å². The lowest BCUT2D eigenvalue weighted by molar-refractivity contribution is 0.511. The molecule has 0 nitrogen and oxygen atoms in total. The van der Waals surface area contributed by atoms with Crippen LogP contribution in [0.2, 0.25) is 0 Å². The van der Waals surface area contributed by atoms with E-state index in [4.69, 9.17) is 0 Å². The molecule has 4 aromatic carbocycles. The highest BCUT2D eigenvalue weighted by Gasteiger charge is 2.15. The van der Waals surface area contributed by atoms with Crippen molar-refractivity contribution in [1.82, 2.24) is 0 Å². The summed E-state index contributed by atoms with van der Waals surface area (Å²) in [7, 11) is 0. The minimum absolute atomic E-state index is 0.0473. The van der Waals surface area contributed by atoms with Gasteiger partial charge in [0.2, 0.25) is 0 Å². The van der Waals surface area contributed by atoms with Crippen molar-refractivity contribution in [2.75, 3.05) is 0 Å². The molecule has 0 atom stereocenters. The molecule has 0 aliphatic carbocycles. The molecule has 0 saturated heterocycles. The molecule has 0 saturated carbocycles. The molecule has 0 fully saturated rings. The van der Waals surface area contributed by atoms with E-state index in [0.29, 0.717) is 28.3 Å². The van der Waals surface area contributed by atoms with Crippen LogP contribution in [0.4, 0.5) is 22.0 Å². The zero-order chi connectivity index (χ0) is 24.2. The molecular formula is C29H21F5. The fourth-order valence-electron chi connectivity index (χ4n) is 3.86. The Morgan fingerprint density at radius 3 is 2.00 bits per heavy atom. The molecule has 0 spiro atoms. The zero-order valence-corrected chi connectivity index (χ0v) is 18.5. The first-order valence-corrected chi connectivity index (χ1v) is 11.0. The van der Waals surface area contributed by atoms with E-state index in [2.05, 4.69) is 18.8 Å². The molecule has 5 heteroatoms. The predicted molar refractivity (Wildman–Crippen MR) is 125 cm³/mol.